The molecule has 0 aromatic carbocycles. The van der Waals surface area contributed by atoms with Crippen LogP contribution >= 0.6 is 35.3 Å². The van der Waals surface area contributed by atoms with Gasteiger partial charge >= 0.3 is 5.97 Å². The summed E-state index contributed by atoms with van der Waals surface area (Å²) in [6.45, 7) is 6.12. The summed E-state index contributed by atoms with van der Waals surface area (Å²) in [4.78, 5) is 12.2. The van der Waals surface area contributed by atoms with Gasteiger partial charge < -0.3 is 20.4 Å². The summed E-state index contributed by atoms with van der Waals surface area (Å²) in [5.74, 6) is 1.46. The van der Waals surface area contributed by atoms with Crippen LogP contribution < -0.4 is 0 Å². The van der Waals surface area contributed by atoms with E-state index in [0.717, 1.165) is 0 Å². The molecule has 1 unspecified atom stereocenters. The van der Waals surface area contributed by atoms with E-state index in [1.807, 2.05) is 20.8 Å². The Balaban J connectivity index is 5.53. The highest BCUT2D eigenvalue weighted by atomic mass is 32.2. The van der Waals surface area contributed by atoms with E-state index in [1.54, 1.807) is 0 Å². The fraction of sp³-hybridized carbons (Fsp3) is 0.933. The Labute approximate surface area is 152 Å². The lowest BCUT2D eigenvalue weighted by molar-refractivity contribution is -0.147. The molecular formula is C15H30O5S3. The van der Waals surface area contributed by atoms with Crippen LogP contribution in [-0.2, 0) is 4.79 Å². The molecule has 0 saturated carbocycles. The van der Waals surface area contributed by atoms with E-state index in [1.165, 1.54) is 35.3 Å². The molecular weight excluding hydrogens is 356 g/mol. The summed E-state index contributed by atoms with van der Waals surface area (Å²) < 4.78 is 0. The molecule has 0 saturated heterocycles. The van der Waals surface area contributed by atoms with Crippen LogP contribution in [0, 0.1) is 10.8 Å². The largest absolute Gasteiger partial charge is 0.481 e. The predicted octanol–water partition coefficient (Wildman–Crippen LogP) is 1.65. The van der Waals surface area contributed by atoms with Crippen molar-refractivity contribution in [2.24, 2.45) is 10.8 Å². The highest BCUT2D eigenvalue weighted by molar-refractivity contribution is 8.01. The molecule has 0 radical (unpaired) electrons. The van der Waals surface area contributed by atoms with Gasteiger partial charge in [0.1, 0.15) is 0 Å². The Bertz CT molecular complexity index is 324. The van der Waals surface area contributed by atoms with Crippen LogP contribution in [0.5, 0.6) is 0 Å². The van der Waals surface area contributed by atoms with E-state index in [-0.39, 0.29) is 30.5 Å². The van der Waals surface area contributed by atoms with Crippen molar-refractivity contribution in [2.45, 2.75) is 26.0 Å². The molecule has 0 aliphatic heterocycles. The first kappa shape index (κ1) is 23.4. The first-order chi connectivity index (χ1) is 10.8. The van der Waals surface area contributed by atoms with E-state index in [9.17, 15) is 9.90 Å². The van der Waals surface area contributed by atoms with Gasteiger partial charge in [0.2, 0.25) is 0 Å². The second-order valence-electron chi connectivity index (χ2n) is 6.35. The zero-order valence-corrected chi connectivity index (χ0v) is 16.6. The molecule has 0 rings (SSSR count). The fourth-order valence-electron chi connectivity index (χ4n) is 2.48. The number of aliphatic hydroxyl groups excluding tert-OH is 3. The molecule has 0 aromatic rings. The number of carboxylic acid groups (broad SMARTS) is 1. The molecule has 23 heavy (non-hydrogen) atoms. The molecule has 5 nitrogen and oxygen atoms in total. The van der Waals surface area contributed by atoms with Crippen molar-refractivity contribution >= 4 is 41.3 Å². The monoisotopic (exact) mass is 386 g/mol. The van der Waals surface area contributed by atoms with Crippen molar-refractivity contribution in [3.63, 3.8) is 0 Å². The van der Waals surface area contributed by atoms with Crippen molar-refractivity contribution in [3.8, 4) is 0 Å². The summed E-state index contributed by atoms with van der Waals surface area (Å²) in [5.41, 5.74) is -1.23. The quantitative estimate of drug-likeness (QED) is 0.355. The summed E-state index contributed by atoms with van der Waals surface area (Å²) in [6.07, 6.45) is 0. The minimum Gasteiger partial charge on any atom is -0.481 e. The number of thioether (sulfide) groups is 3. The topological polar surface area (TPSA) is 98.0 Å². The first-order valence-corrected chi connectivity index (χ1v) is 10.9. The molecule has 138 valence electrons. The van der Waals surface area contributed by atoms with Crippen LogP contribution in [0.2, 0.25) is 0 Å². The SMILES string of the molecule is CC(C)(C)C(SCCO)C(CSCCO)(CSCCO)C(=O)O. The number of carboxylic acids is 1. The van der Waals surface area contributed by atoms with E-state index >= 15 is 0 Å². The van der Waals surface area contributed by atoms with E-state index in [2.05, 4.69) is 0 Å². The minimum atomic E-state index is -0.974. The standard InChI is InChI=1S/C15H30O5S3/c1-14(2,3)12(23-9-6-18)15(13(19)20,10-21-7-4-16)11-22-8-5-17/h12,16-18H,4-11H2,1-3H3,(H,19,20). The third-order valence-corrected chi connectivity index (χ3v) is 7.57. The van der Waals surface area contributed by atoms with Gasteiger partial charge in [-0.3, -0.25) is 4.79 Å². The molecule has 0 amide bonds. The Kier molecular flexibility index (Phi) is 12.1. The van der Waals surface area contributed by atoms with Crippen LogP contribution in [0.25, 0.3) is 0 Å². The second-order valence-corrected chi connectivity index (χ2v) is 9.78. The lowest BCUT2D eigenvalue weighted by Gasteiger charge is -2.43. The molecule has 0 aliphatic carbocycles. The van der Waals surface area contributed by atoms with Gasteiger partial charge in [-0.1, -0.05) is 20.8 Å². The molecule has 0 aromatic heterocycles. The van der Waals surface area contributed by atoms with Gasteiger partial charge in [0.25, 0.3) is 0 Å². The first-order valence-electron chi connectivity index (χ1n) is 7.59. The van der Waals surface area contributed by atoms with Gasteiger partial charge in [-0.15, -0.1) is 0 Å². The Morgan fingerprint density at radius 2 is 1.35 bits per heavy atom. The number of aliphatic hydroxyl groups is 3. The smallest absolute Gasteiger partial charge is 0.312 e. The molecule has 0 bridgehead atoms. The zero-order valence-electron chi connectivity index (χ0n) is 14.2. The molecule has 0 fully saturated rings. The van der Waals surface area contributed by atoms with E-state index < -0.39 is 11.4 Å². The van der Waals surface area contributed by atoms with Crippen LogP contribution in [0.4, 0.5) is 0 Å². The minimum absolute atomic E-state index is 0.0144. The molecule has 8 heteroatoms. The molecule has 0 spiro atoms. The molecule has 4 N–H and O–H groups in total. The van der Waals surface area contributed by atoms with Gasteiger partial charge in [0, 0.05) is 34.0 Å². The van der Waals surface area contributed by atoms with Crippen LogP contribution in [0.1, 0.15) is 20.8 Å². The predicted molar refractivity (Wildman–Crippen MR) is 102 cm³/mol. The highest BCUT2D eigenvalue weighted by Gasteiger charge is 2.50. The summed E-state index contributed by atoms with van der Waals surface area (Å²) in [7, 11) is 0. The fourth-order valence-corrected chi connectivity index (χ4v) is 6.30. The lowest BCUT2D eigenvalue weighted by atomic mass is 9.75. The van der Waals surface area contributed by atoms with Crippen LogP contribution in [0.15, 0.2) is 0 Å². The Hall–Kier alpha value is 0.400. The van der Waals surface area contributed by atoms with Crippen molar-refractivity contribution < 1.29 is 25.2 Å². The Morgan fingerprint density at radius 1 is 0.913 bits per heavy atom. The zero-order chi connectivity index (χ0) is 17.9. The van der Waals surface area contributed by atoms with Crippen molar-refractivity contribution in [1.29, 1.82) is 0 Å². The van der Waals surface area contributed by atoms with Gasteiger partial charge in [0.05, 0.1) is 25.2 Å². The number of aliphatic carboxylic acids is 1. The number of hydrogen-bond acceptors (Lipinski definition) is 7. The molecule has 0 aliphatic rings. The summed E-state index contributed by atoms with van der Waals surface area (Å²) in [6, 6.07) is 0. The maximum atomic E-state index is 12.2. The van der Waals surface area contributed by atoms with E-state index in [4.69, 9.17) is 15.3 Å². The summed E-state index contributed by atoms with van der Waals surface area (Å²) in [5, 5.41) is 37.0. The average molecular weight is 387 g/mol. The third-order valence-electron chi connectivity index (χ3n) is 3.28. The van der Waals surface area contributed by atoms with E-state index in [0.29, 0.717) is 28.8 Å². The second kappa shape index (κ2) is 11.9. The van der Waals surface area contributed by atoms with Gasteiger partial charge in [-0.05, 0) is 5.41 Å². The number of carbonyl (C=O) groups is 1. The number of hydrogen-bond donors (Lipinski definition) is 4. The normalized spacial score (nSPS) is 14.0. The van der Waals surface area contributed by atoms with Crippen LogP contribution in [-0.4, -0.2) is 80.2 Å². The lowest BCUT2D eigenvalue weighted by Crippen LogP contribution is -2.51. The van der Waals surface area contributed by atoms with Crippen molar-refractivity contribution in [1.82, 2.24) is 0 Å². The maximum absolute atomic E-state index is 12.2. The molecule has 1 atom stereocenters. The van der Waals surface area contributed by atoms with Gasteiger partial charge in [-0.2, -0.15) is 35.3 Å². The molecule has 0 heterocycles. The third kappa shape index (κ3) is 7.88. The Morgan fingerprint density at radius 3 is 1.65 bits per heavy atom. The van der Waals surface area contributed by atoms with Gasteiger partial charge in [0.15, 0.2) is 0 Å². The van der Waals surface area contributed by atoms with Crippen molar-refractivity contribution in [2.75, 3.05) is 48.6 Å². The maximum Gasteiger partial charge on any atom is 0.312 e. The summed E-state index contributed by atoms with van der Waals surface area (Å²) >= 11 is 4.38. The number of rotatable bonds is 13. The van der Waals surface area contributed by atoms with Gasteiger partial charge in [-0.25, -0.2) is 0 Å². The average Bonchev–Trinajstić information content (AvgIpc) is 2.45. The van der Waals surface area contributed by atoms with Crippen molar-refractivity contribution in [3.05, 3.63) is 0 Å². The van der Waals surface area contributed by atoms with Crippen LogP contribution in [0.3, 0.4) is 0 Å². The highest BCUT2D eigenvalue weighted by Crippen LogP contribution is 2.46.